The lowest BCUT2D eigenvalue weighted by Gasteiger charge is -2.21. The lowest BCUT2D eigenvalue weighted by atomic mass is 10.1. The van der Waals surface area contributed by atoms with Crippen molar-refractivity contribution in [1.29, 1.82) is 0 Å². The van der Waals surface area contributed by atoms with Gasteiger partial charge >= 0.3 is 0 Å². The zero-order valence-electron chi connectivity index (χ0n) is 12.8. The molecule has 0 saturated carbocycles. The number of hydrogen-bond donors (Lipinski definition) is 0. The van der Waals surface area contributed by atoms with Gasteiger partial charge in [-0.15, -0.1) is 0 Å². The van der Waals surface area contributed by atoms with Crippen LogP contribution < -0.4 is 0 Å². The van der Waals surface area contributed by atoms with Crippen LogP contribution in [0, 0.1) is 0 Å². The number of benzene rings is 1. The van der Waals surface area contributed by atoms with Crippen molar-refractivity contribution in [3.05, 3.63) is 55.0 Å². The van der Waals surface area contributed by atoms with Crippen molar-refractivity contribution in [2.75, 3.05) is 14.1 Å². The van der Waals surface area contributed by atoms with Crippen LogP contribution in [0.4, 0.5) is 0 Å². The average Bonchev–Trinajstić information content (AvgIpc) is 2.90. The van der Waals surface area contributed by atoms with E-state index in [1.165, 1.54) is 16.5 Å². The maximum absolute atomic E-state index is 4.21. The summed E-state index contributed by atoms with van der Waals surface area (Å²) in [5.74, 6) is 0. The minimum absolute atomic E-state index is 0.502. The summed E-state index contributed by atoms with van der Waals surface area (Å²) < 4.78 is 2.33. The van der Waals surface area contributed by atoms with E-state index < -0.39 is 0 Å². The van der Waals surface area contributed by atoms with Crippen LogP contribution >= 0.6 is 0 Å². The van der Waals surface area contributed by atoms with Crippen molar-refractivity contribution in [3.8, 4) is 11.1 Å². The molecule has 3 rings (SSSR count). The molecule has 1 unspecified atom stereocenters. The van der Waals surface area contributed by atoms with Crippen LogP contribution in [-0.2, 0) is 6.54 Å². The summed E-state index contributed by atoms with van der Waals surface area (Å²) in [6.45, 7) is 3.24. The molecule has 0 radical (unpaired) electrons. The molecule has 0 N–H and O–H groups in total. The molecule has 3 nitrogen and oxygen atoms in total. The van der Waals surface area contributed by atoms with E-state index in [0.29, 0.717) is 6.04 Å². The Morgan fingerprint density at radius 1 is 1.14 bits per heavy atom. The summed E-state index contributed by atoms with van der Waals surface area (Å²) in [4.78, 5) is 6.46. The molecule has 108 valence electrons. The molecule has 2 aromatic heterocycles. The van der Waals surface area contributed by atoms with Gasteiger partial charge in [-0.1, -0.05) is 18.2 Å². The molecule has 0 amide bonds. The fraction of sp³-hybridized carbons (Fsp3) is 0.278. The van der Waals surface area contributed by atoms with Crippen LogP contribution in [-0.4, -0.2) is 34.6 Å². The summed E-state index contributed by atoms with van der Waals surface area (Å²) in [7, 11) is 4.24. The summed E-state index contributed by atoms with van der Waals surface area (Å²) in [5, 5.41) is 1.29. The number of rotatable bonds is 4. The highest BCUT2D eigenvalue weighted by molar-refractivity contribution is 5.85. The van der Waals surface area contributed by atoms with Crippen LogP contribution in [0.1, 0.15) is 6.92 Å². The molecule has 0 bridgehead atoms. The van der Waals surface area contributed by atoms with Gasteiger partial charge in [0.2, 0.25) is 0 Å². The summed E-state index contributed by atoms with van der Waals surface area (Å²) in [5.41, 5.74) is 3.66. The molecule has 0 fully saturated rings. The SMILES string of the molecule is CC(Cn1ccc2ccc(-c3cccnc3)cc21)N(C)C. The standard InChI is InChI=1S/C18H21N3/c1-14(20(2)3)13-21-10-8-15-6-7-16(11-18(15)21)17-5-4-9-19-12-17/h4-12,14H,13H2,1-3H3. The van der Waals surface area contributed by atoms with E-state index in [0.717, 1.165) is 12.1 Å². The zero-order chi connectivity index (χ0) is 14.8. The number of aromatic nitrogens is 2. The van der Waals surface area contributed by atoms with Gasteiger partial charge in [0.25, 0.3) is 0 Å². The first-order valence-corrected chi connectivity index (χ1v) is 7.31. The first-order chi connectivity index (χ1) is 10.1. The monoisotopic (exact) mass is 279 g/mol. The first-order valence-electron chi connectivity index (χ1n) is 7.31. The third-order valence-electron chi connectivity index (χ3n) is 4.11. The minimum atomic E-state index is 0.502. The lowest BCUT2D eigenvalue weighted by Crippen LogP contribution is -2.28. The number of hydrogen-bond acceptors (Lipinski definition) is 2. The molecule has 0 spiro atoms. The second kappa shape index (κ2) is 5.70. The van der Waals surface area contributed by atoms with Crippen molar-refractivity contribution in [3.63, 3.8) is 0 Å². The van der Waals surface area contributed by atoms with Crippen LogP contribution in [0.5, 0.6) is 0 Å². The molecule has 1 aromatic carbocycles. The highest BCUT2D eigenvalue weighted by Crippen LogP contribution is 2.25. The molecule has 2 heterocycles. The first kappa shape index (κ1) is 13.8. The molecular formula is C18H21N3. The van der Waals surface area contributed by atoms with Crippen molar-refractivity contribution in [2.24, 2.45) is 0 Å². The predicted octanol–water partition coefficient (Wildman–Crippen LogP) is 3.65. The van der Waals surface area contributed by atoms with Gasteiger partial charge in [-0.25, -0.2) is 0 Å². The third kappa shape index (κ3) is 2.83. The quantitative estimate of drug-likeness (QED) is 0.727. The van der Waals surface area contributed by atoms with E-state index in [1.54, 1.807) is 0 Å². The molecule has 0 aliphatic carbocycles. The van der Waals surface area contributed by atoms with Gasteiger partial charge < -0.3 is 9.47 Å². The van der Waals surface area contributed by atoms with Crippen molar-refractivity contribution in [1.82, 2.24) is 14.5 Å². The molecule has 0 aliphatic rings. The van der Waals surface area contributed by atoms with Gasteiger partial charge in [-0.3, -0.25) is 4.98 Å². The zero-order valence-corrected chi connectivity index (χ0v) is 12.8. The van der Waals surface area contributed by atoms with E-state index in [1.807, 2.05) is 18.5 Å². The highest BCUT2D eigenvalue weighted by atomic mass is 15.1. The topological polar surface area (TPSA) is 21.1 Å². The fourth-order valence-electron chi connectivity index (χ4n) is 2.50. The molecule has 0 aliphatic heterocycles. The maximum atomic E-state index is 4.21. The lowest BCUT2D eigenvalue weighted by molar-refractivity contribution is 0.286. The van der Waals surface area contributed by atoms with Crippen molar-refractivity contribution >= 4 is 10.9 Å². The Hall–Kier alpha value is -2.13. The fourth-order valence-corrected chi connectivity index (χ4v) is 2.50. The van der Waals surface area contributed by atoms with Gasteiger partial charge in [-0.2, -0.15) is 0 Å². The van der Waals surface area contributed by atoms with Gasteiger partial charge in [0.1, 0.15) is 0 Å². The molecule has 0 saturated heterocycles. The molecule has 3 heteroatoms. The second-order valence-electron chi connectivity index (χ2n) is 5.80. The minimum Gasteiger partial charge on any atom is -0.346 e. The van der Waals surface area contributed by atoms with Gasteiger partial charge in [0.05, 0.1) is 0 Å². The van der Waals surface area contributed by atoms with Crippen LogP contribution in [0.2, 0.25) is 0 Å². The molecular weight excluding hydrogens is 258 g/mol. The van der Waals surface area contributed by atoms with Gasteiger partial charge in [0.15, 0.2) is 0 Å². The molecule has 3 aromatic rings. The van der Waals surface area contributed by atoms with Gasteiger partial charge in [-0.05, 0) is 50.2 Å². The van der Waals surface area contributed by atoms with E-state index in [4.69, 9.17) is 0 Å². The Labute approximate surface area is 125 Å². The summed E-state index contributed by atoms with van der Waals surface area (Å²) >= 11 is 0. The number of nitrogens with zero attached hydrogens (tertiary/aromatic N) is 3. The average molecular weight is 279 g/mol. The Morgan fingerprint density at radius 3 is 2.71 bits per heavy atom. The van der Waals surface area contributed by atoms with Crippen LogP contribution in [0.15, 0.2) is 55.0 Å². The smallest absolute Gasteiger partial charge is 0.0487 e. The van der Waals surface area contributed by atoms with E-state index in [2.05, 4.69) is 72.0 Å². The highest BCUT2D eigenvalue weighted by Gasteiger charge is 2.09. The van der Waals surface area contributed by atoms with E-state index >= 15 is 0 Å². The van der Waals surface area contributed by atoms with E-state index in [9.17, 15) is 0 Å². The van der Waals surface area contributed by atoms with Crippen LogP contribution in [0.25, 0.3) is 22.0 Å². The van der Waals surface area contributed by atoms with Crippen molar-refractivity contribution < 1.29 is 0 Å². The Kier molecular flexibility index (Phi) is 3.76. The third-order valence-corrected chi connectivity index (χ3v) is 4.11. The largest absolute Gasteiger partial charge is 0.346 e. The maximum Gasteiger partial charge on any atom is 0.0487 e. The Balaban J connectivity index is 2.00. The van der Waals surface area contributed by atoms with Crippen molar-refractivity contribution in [2.45, 2.75) is 19.5 Å². The van der Waals surface area contributed by atoms with Gasteiger partial charge in [0, 0.05) is 42.3 Å². The Bertz CT molecular complexity index is 729. The Morgan fingerprint density at radius 2 is 2.00 bits per heavy atom. The van der Waals surface area contributed by atoms with E-state index in [-0.39, 0.29) is 0 Å². The molecule has 21 heavy (non-hydrogen) atoms. The number of pyridine rings is 1. The predicted molar refractivity (Wildman–Crippen MR) is 88.3 cm³/mol. The number of likely N-dealkylation sites (N-methyl/N-ethyl adjacent to an activating group) is 1. The van der Waals surface area contributed by atoms with Crippen LogP contribution in [0.3, 0.4) is 0 Å². The normalized spacial score (nSPS) is 13.0. The summed E-state index contributed by atoms with van der Waals surface area (Å²) in [6, 6.07) is 13.4. The number of fused-ring (bicyclic) bond motifs is 1. The molecule has 1 atom stereocenters. The summed E-state index contributed by atoms with van der Waals surface area (Å²) in [6.07, 6.45) is 5.90. The second-order valence-corrected chi connectivity index (χ2v) is 5.80.